The molecule has 6 heteroatoms. The van der Waals surface area contributed by atoms with E-state index < -0.39 is 0 Å². The highest BCUT2D eigenvalue weighted by atomic mass is 16.3. The van der Waals surface area contributed by atoms with Crippen LogP contribution in [0.2, 0.25) is 0 Å². The number of hydrogen-bond donors (Lipinski definition) is 1. The van der Waals surface area contributed by atoms with Crippen molar-refractivity contribution in [3.8, 4) is 29.7 Å². The van der Waals surface area contributed by atoms with E-state index in [0.717, 1.165) is 5.56 Å². The lowest BCUT2D eigenvalue weighted by atomic mass is 9.87. The molecule has 0 bridgehead atoms. The summed E-state index contributed by atoms with van der Waals surface area (Å²) < 4.78 is 5.84. The molecule has 136 valence electrons. The average Bonchev–Trinajstić information content (AvgIpc) is 3.11. The van der Waals surface area contributed by atoms with E-state index >= 15 is 0 Å². The summed E-state index contributed by atoms with van der Waals surface area (Å²) in [5.74, 6) is 0.499. The first-order chi connectivity index (χ1) is 13.4. The van der Waals surface area contributed by atoms with E-state index in [4.69, 9.17) is 20.2 Å². The SMILES string of the molecule is CC(C)(C)c1ccc(-c2nc3cc(NC(C#N)=C(C#N)C#N)ccc3o2)cc1. The molecule has 0 saturated heterocycles. The van der Waals surface area contributed by atoms with E-state index in [2.05, 4.69) is 43.2 Å². The van der Waals surface area contributed by atoms with E-state index in [1.807, 2.05) is 18.2 Å². The van der Waals surface area contributed by atoms with Gasteiger partial charge >= 0.3 is 0 Å². The zero-order valence-electron chi connectivity index (χ0n) is 15.7. The quantitative estimate of drug-likeness (QED) is 0.650. The monoisotopic (exact) mass is 367 g/mol. The molecule has 2 aromatic carbocycles. The van der Waals surface area contributed by atoms with Crippen molar-refractivity contribution in [3.63, 3.8) is 0 Å². The predicted octanol–water partition coefficient (Wildman–Crippen LogP) is 5.03. The maximum atomic E-state index is 9.16. The van der Waals surface area contributed by atoms with Crippen molar-refractivity contribution in [3.05, 3.63) is 59.3 Å². The van der Waals surface area contributed by atoms with Crippen molar-refractivity contribution in [2.24, 2.45) is 0 Å². The van der Waals surface area contributed by atoms with Crippen LogP contribution in [0.3, 0.4) is 0 Å². The Morgan fingerprint density at radius 2 is 1.64 bits per heavy atom. The zero-order chi connectivity index (χ0) is 20.3. The first kappa shape index (κ1) is 18.7. The number of benzene rings is 2. The molecule has 3 rings (SSSR count). The van der Waals surface area contributed by atoms with Crippen LogP contribution in [0.4, 0.5) is 5.69 Å². The normalized spacial score (nSPS) is 10.6. The van der Waals surface area contributed by atoms with Crippen LogP contribution < -0.4 is 5.32 Å². The van der Waals surface area contributed by atoms with Gasteiger partial charge in [0.1, 0.15) is 29.4 Å². The molecule has 0 fully saturated rings. The first-order valence-electron chi connectivity index (χ1n) is 8.59. The fourth-order valence-corrected chi connectivity index (χ4v) is 2.67. The molecular weight excluding hydrogens is 350 g/mol. The molecule has 0 aliphatic heterocycles. The molecule has 28 heavy (non-hydrogen) atoms. The van der Waals surface area contributed by atoms with Gasteiger partial charge in [0, 0.05) is 11.3 Å². The third kappa shape index (κ3) is 3.70. The summed E-state index contributed by atoms with van der Waals surface area (Å²) in [7, 11) is 0. The topological polar surface area (TPSA) is 109 Å². The van der Waals surface area contributed by atoms with Crippen LogP contribution in [0.5, 0.6) is 0 Å². The van der Waals surface area contributed by atoms with Gasteiger partial charge in [-0.1, -0.05) is 32.9 Å². The smallest absolute Gasteiger partial charge is 0.227 e. The van der Waals surface area contributed by atoms with E-state index in [1.165, 1.54) is 5.56 Å². The minimum atomic E-state index is -0.276. The lowest BCUT2D eigenvalue weighted by Gasteiger charge is -2.18. The van der Waals surface area contributed by atoms with E-state index in [1.54, 1.807) is 30.3 Å². The molecule has 0 spiro atoms. The molecule has 0 atom stereocenters. The van der Waals surface area contributed by atoms with Gasteiger partial charge in [0.2, 0.25) is 5.89 Å². The number of rotatable bonds is 3. The molecule has 0 unspecified atom stereocenters. The van der Waals surface area contributed by atoms with Crippen molar-refractivity contribution in [2.75, 3.05) is 5.32 Å². The standard InChI is InChI=1S/C22H17N5O/c1-22(2,3)16-6-4-14(5-7-16)21-27-18-10-17(8-9-20(18)28-21)26-19(13-25)15(11-23)12-24/h4-10,26H,1-3H3. The van der Waals surface area contributed by atoms with Gasteiger partial charge in [0.05, 0.1) is 0 Å². The zero-order valence-corrected chi connectivity index (χ0v) is 15.7. The molecule has 1 heterocycles. The first-order valence-corrected chi connectivity index (χ1v) is 8.59. The number of nitrogens with one attached hydrogen (secondary N) is 1. The maximum Gasteiger partial charge on any atom is 0.227 e. The number of nitrogens with zero attached hydrogens (tertiary/aromatic N) is 4. The summed E-state index contributed by atoms with van der Waals surface area (Å²) >= 11 is 0. The molecule has 0 amide bonds. The molecule has 6 nitrogen and oxygen atoms in total. The van der Waals surface area contributed by atoms with Crippen molar-refractivity contribution >= 4 is 16.8 Å². The number of fused-ring (bicyclic) bond motifs is 1. The van der Waals surface area contributed by atoms with Crippen molar-refractivity contribution in [1.29, 1.82) is 15.8 Å². The summed E-state index contributed by atoms with van der Waals surface area (Å²) in [4.78, 5) is 4.52. The number of nitriles is 3. The second kappa shape index (κ2) is 7.27. The summed E-state index contributed by atoms with van der Waals surface area (Å²) in [6.07, 6.45) is 0. The van der Waals surface area contributed by atoms with Crippen LogP contribution in [0.25, 0.3) is 22.6 Å². The largest absolute Gasteiger partial charge is 0.436 e. The maximum absolute atomic E-state index is 9.16. The number of allylic oxidation sites excluding steroid dienone is 2. The molecule has 0 radical (unpaired) electrons. The second-order valence-corrected chi connectivity index (χ2v) is 7.24. The van der Waals surface area contributed by atoms with Gasteiger partial charge in [-0.15, -0.1) is 0 Å². The number of hydrogen-bond acceptors (Lipinski definition) is 6. The van der Waals surface area contributed by atoms with Gasteiger partial charge in [0.15, 0.2) is 11.2 Å². The van der Waals surface area contributed by atoms with Crippen LogP contribution in [-0.4, -0.2) is 4.98 Å². The summed E-state index contributed by atoms with van der Waals surface area (Å²) in [6, 6.07) is 18.4. The van der Waals surface area contributed by atoms with Crippen molar-refractivity contribution < 1.29 is 4.42 Å². The fraction of sp³-hybridized carbons (Fsp3) is 0.182. The molecule has 1 aromatic heterocycles. The number of oxazole rings is 1. The van der Waals surface area contributed by atoms with Crippen LogP contribution in [-0.2, 0) is 5.41 Å². The Balaban J connectivity index is 1.94. The summed E-state index contributed by atoms with van der Waals surface area (Å²) in [6.45, 7) is 6.47. The van der Waals surface area contributed by atoms with Gasteiger partial charge < -0.3 is 9.73 Å². The second-order valence-electron chi connectivity index (χ2n) is 7.24. The summed E-state index contributed by atoms with van der Waals surface area (Å²) in [5.41, 5.74) is 3.52. The summed E-state index contributed by atoms with van der Waals surface area (Å²) in [5, 5.41) is 29.8. The van der Waals surface area contributed by atoms with Crippen LogP contribution in [0.1, 0.15) is 26.3 Å². The Hall–Kier alpha value is -4.08. The molecule has 3 aromatic rings. The predicted molar refractivity (Wildman–Crippen MR) is 106 cm³/mol. The van der Waals surface area contributed by atoms with Crippen LogP contribution >= 0.6 is 0 Å². The van der Waals surface area contributed by atoms with Crippen molar-refractivity contribution in [1.82, 2.24) is 4.98 Å². The minimum absolute atomic E-state index is 0.0675. The lowest BCUT2D eigenvalue weighted by Crippen LogP contribution is -2.10. The Kier molecular flexibility index (Phi) is 4.86. The van der Waals surface area contributed by atoms with Crippen LogP contribution in [0, 0.1) is 34.0 Å². The van der Waals surface area contributed by atoms with E-state index in [-0.39, 0.29) is 16.7 Å². The Morgan fingerprint density at radius 1 is 0.964 bits per heavy atom. The van der Waals surface area contributed by atoms with Gasteiger partial charge in [-0.2, -0.15) is 15.8 Å². The van der Waals surface area contributed by atoms with Crippen molar-refractivity contribution in [2.45, 2.75) is 26.2 Å². The average molecular weight is 367 g/mol. The molecule has 0 saturated carbocycles. The van der Waals surface area contributed by atoms with Gasteiger partial charge in [-0.3, -0.25) is 0 Å². The molecule has 1 N–H and O–H groups in total. The van der Waals surface area contributed by atoms with E-state index in [0.29, 0.717) is 22.7 Å². The highest BCUT2D eigenvalue weighted by Crippen LogP contribution is 2.29. The molecular formula is C22H17N5O. The Bertz CT molecular complexity index is 1170. The highest BCUT2D eigenvalue weighted by molar-refractivity contribution is 5.80. The Labute approximate surface area is 163 Å². The Morgan fingerprint density at radius 3 is 2.21 bits per heavy atom. The number of aromatic nitrogens is 1. The fourth-order valence-electron chi connectivity index (χ4n) is 2.67. The highest BCUT2D eigenvalue weighted by Gasteiger charge is 2.15. The molecule has 0 aliphatic rings. The number of anilines is 1. The molecule has 0 aliphatic carbocycles. The van der Waals surface area contributed by atoms with Gasteiger partial charge in [-0.25, -0.2) is 4.98 Å². The third-order valence-corrected chi connectivity index (χ3v) is 4.24. The lowest BCUT2D eigenvalue weighted by molar-refractivity contribution is 0.589. The van der Waals surface area contributed by atoms with Gasteiger partial charge in [-0.05, 0) is 41.3 Å². The minimum Gasteiger partial charge on any atom is -0.436 e. The van der Waals surface area contributed by atoms with E-state index in [9.17, 15) is 0 Å². The van der Waals surface area contributed by atoms with Gasteiger partial charge in [0.25, 0.3) is 0 Å². The third-order valence-electron chi connectivity index (χ3n) is 4.24. The van der Waals surface area contributed by atoms with Crippen LogP contribution in [0.15, 0.2) is 58.2 Å².